The average Bonchev–Trinajstić information content (AvgIpc) is 3.12. The summed E-state index contributed by atoms with van der Waals surface area (Å²) >= 11 is 0. The van der Waals surface area contributed by atoms with E-state index in [0.29, 0.717) is 5.92 Å². The monoisotopic (exact) mass is 314 g/mol. The lowest BCUT2D eigenvalue weighted by Gasteiger charge is -2.37. The highest BCUT2D eigenvalue weighted by Gasteiger charge is 2.62. The van der Waals surface area contributed by atoms with E-state index in [9.17, 15) is 9.59 Å². The third kappa shape index (κ3) is 2.38. The minimum absolute atomic E-state index is 0.0579. The molecule has 3 aliphatic rings. The number of alkyl carbamates (subject to hydrolysis) is 1. The molecule has 122 valence electrons. The van der Waals surface area contributed by atoms with Crippen molar-refractivity contribution in [1.29, 1.82) is 0 Å². The Morgan fingerprint density at radius 1 is 1.26 bits per heavy atom. The van der Waals surface area contributed by atoms with Crippen molar-refractivity contribution in [3.63, 3.8) is 0 Å². The van der Waals surface area contributed by atoms with Crippen LogP contribution in [0.15, 0.2) is 30.3 Å². The SMILES string of the molecule is COC(=O)NC1CC(C(=O)N2CC3CC3(c3ccccc3)C2)C1. The number of benzene rings is 1. The molecule has 1 aromatic rings. The lowest BCUT2D eigenvalue weighted by Crippen LogP contribution is -2.50. The largest absolute Gasteiger partial charge is 0.453 e. The fourth-order valence-corrected chi connectivity index (χ4v) is 4.29. The zero-order valence-electron chi connectivity index (χ0n) is 13.3. The van der Waals surface area contributed by atoms with E-state index in [1.807, 2.05) is 11.0 Å². The minimum atomic E-state index is -0.411. The maximum Gasteiger partial charge on any atom is 0.407 e. The van der Waals surface area contributed by atoms with E-state index >= 15 is 0 Å². The Bertz CT molecular complexity index is 626. The van der Waals surface area contributed by atoms with Crippen molar-refractivity contribution in [2.45, 2.75) is 30.7 Å². The summed E-state index contributed by atoms with van der Waals surface area (Å²) in [4.78, 5) is 25.9. The molecule has 1 aromatic carbocycles. The zero-order valence-corrected chi connectivity index (χ0v) is 13.3. The summed E-state index contributed by atoms with van der Waals surface area (Å²) in [6.07, 6.45) is 2.25. The first kappa shape index (κ1) is 14.5. The number of piperidine rings is 1. The molecule has 2 amide bonds. The second-order valence-electron chi connectivity index (χ2n) is 7.14. The topological polar surface area (TPSA) is 58.6 Å². The second kappa shape index (κ2) is 5.25. The highest BCUT2D eigenvalue weighted by atomic mass is 16.5. The highest BCUT2D eigenvalue weighted by molar-refractivity contribution is 5.81. The molecule has 0 spiro atoms. The van der Waals surface area contributed by atoms with Crippen molar-refractivity contribution >= 4 is 12.0 Å². The molecule has 5 nitrogen and oxygen atoms in total. The molecule has 23 heavy (non-hydrogen) atoms. The normalized spacial score (nSPS) is 34.3. The summed E-state index contributed by atoms with van der Waals surface area (Å²) < 4.78 is 4.59. The van der Waals surface area contributed by atoms with Crippen LogP contribution in [0.4, 0.5) is 4.79 Å². The number of likely N-dealkylation sites (tertiary alicyclic amines) is 1. The zero-order chi connectivity index (χ0) is 16.0. The minimum Gasteiger partial charge on any atom is -0.453 e. The molecule has 2 atom stereocenters. The van der Waals surface area contributed by atoms with Crippen molar-refractivity contribution in [2.24, 2.45) is 11.8 Å². The molecule has 0 radical (unpaired) electrons. The second-order valence-corrected chi connectivity index (χ2v) is 7.14. The van der Waals surface area contributed by atoms with Gasteiger partial charge in [0.05, 0.1) is 7.11 Å². The van der Waals surface area contributed by atoms with Gasteiger partial charge in [-0.3, -0.25) is 4.79 Å². The van der Waals surface area contributed by atoms with Crippen molar-refractivity contribution in [3.8, 4) is 0 Å². The van der Waals surface area contributed by atoms with E-state index < -0.39 is 6.09 Å². The van der Waals surface area contributed by atoms with Crippen LogP contribution in [0.2, 0.25) is 0 Å². The van der Waals surface area contributed by atoms with Gasteiger partial charge in [-0.2, -0.15) is 0 Å². The Hall–Kier alpha value is -2.04. The third-order valence-electron chi connectivity index (χ3n) is 5.80. The number of nitrogens with one attached hydrogen (secondary N) is 1. The van der Waals surface area contributed by atoms with Crippen LogP contribution in [0.5, 0.6) is 0 Å². The molecule has 5 heteroatoms. The standard InChI is InChI=1S/C18H22N2O3/c1-23-17(22)19-15-7-12(8-15)16(21)20-10-14-9-18(14,11-20)13-5-3-2-4-6-13/h2-6,12,14-15H,7-11H2,1H3,(H,19,22). The first-order valence-electron chi connectivity index (χ1n) is 8.31. The van der Waals surface area contributed by atoms with E-state index in [1.165, 1.54) is 19.1 Å². The van der Waals surface area contributed by atoms with E-state index in [2.05, 4.69) is 34.3 Å². The van der Waals surface area contributed by atoms with Gasteiger partial charge in [-0.25, -0.2) is 4.79 Å². The average molecular weight is 314 g/mol. The summed E-state index contributed by atoms with van der Waals surface area (Å²) in [5.74, 6) is 0.941. The van der Waals surface area contributed by atoms with Crippen molar-refractivity contribution in [1.82, 2.24) is 10.2 Å². The molecule has 2 aliphatic carbocycles. The molecule has 1 aliphatic heterocycles. The van der Waals surface area contributed by atoms with Crippen molar-refractivity contribution in [2.75, 3.05) is 20.2 Å². The van der Waals surface area contributed by atoms with Gasteiger partial charge < -0.3 is 15.0 Å². The Morgan fingerprint density at radius 3 is 2.70 bits per heavy atom. The summed E-state index contributed by atoms with van der Waals surface area (Å²) in [6, 6.07) is 10.7. The van der Waals surface area contributed by atoms with Gasteiger partial charge in [0.15, 0.2) is 0 Å². The Kier molecular flexibility index (Phi) is 3.32. The molecular formula is C18H22N2O3. The predicted octanol–water partition coefficient (Wildman–Crippen LogP) is 1.92. The quantitative estimate of drug-likeness (QED) is 0.927. The van der Waals surface area contributed by atoms with E-state index in [1.54, 1.807) is 0 Å². The number of nitrogens with zero attached hydrogens (tertiary/aromatic N) is 1. The lowest BCUT2D eigenvalue weighted by molar-refractivity contribution is -0.138. The fraction of sp³-hybridized carbons (Fsp3) is 0.556. The van der Waals surface area contributed by atoms with E-state index in [0.717, 1.165) is 25.9 Å². The Morgan fingerprint density at radius 2 is 2.00 bits per heavy atom. The molecule has 2 unspecified atom stereocenters. The van der Waals surface area contributed by atoms with Crippen molar-refractivity contribution < 1.29 is 14.3 Å². The highest BCUT2D eigenvalue weighted by Crippen LogP contribution is 2.59. The molecule has 0 aromatic heterocycles. The molecule has 2 saturated carbocycles. The fourth-order valence-electron chi connectivity index (χ4n) is 4.29. The van der Waals surface area contributed by atoms with Crippen LogP contribution in [0.3, 0.4) is 0 Å². The maximum atomic E-state index is 12.7. The smallest absolute Gasteiger partial charge is 0.407 e. The van der Waals surface area contributed by atoms with Crippen LogP contribution in [0.25, 0.3) is 0 Å². The number of ether oxygens (including phenoxy) is 1. The van der Waals surface area contributed by atoms with Gasteiger partial charge in [0, 0.05) is 30.5 Å². The lowest BCUT2D eigenvalue weighted by atomic mass is 9.79. The van der Waals surface area contributed by atoms with Crippen LogP contribution in [0.1, 0.15) is 24.8 Å². The summed E-state index contributed by atoms with van der Waals surface area (Å²) in [6.45, 7) is 1.74. The molecule has 1 heterocycles. The number of methoxy groups -OCH3 is 1. The van der Waals surface area contributed by atoms with Crippen molar-refractivity contribution in [3.05, 3.63) is 35.9 Å². The summed E-state index contributed by atoms with van der Waals surface area (Å²) in [5.41, 5.74) is 1.59. The van der Waals surface area contributed by atoms with Crippen LogP contribution < -0.4 is 5.32 Å². The van der Waals surface area contributed by atoms with Gasteiger partial charge in [-0.15, -0.1) is 0 Å². The predicted molar refractivity (Wildman–Crippen MR) is 84.9 cm³/mol. The number of amides is 2. The van der Waals surface area contributed by atoms with Gasteiger partial charge in [0.1, 0.15) is 0 Å². The number of rotatable bonds is 3. The first-order valence-corrected chi connectivity index (χ1v) is 8.31. The molecule has 0 bridgehead atoms. The molecule has 3 fully saturated rings. The molecular weight excluding hydrogens is 292 g/mol. The van der Waals surface area contributed by atoms with Gasteiger partial charge in [0.25, 0.3) is 0 Å². The maximum absolute atomic E-state index is 12.7. The van der Waals surface area contributed by atoms with Crippen LogP contribution >= 0.6 is 0 Å². The summed E-state index contributed by atoms with van der Waals surface area (Å²) in [5, 5.41) is 2.76. The molecule has 1 N–H and O–H groups in total. The van der Waals surface area contributed by atoms with Gasteiger partial charge >= 0.3 is 6.09 Å². The Labute approximate surface area is 136 Å². The number of carbonyl (C=O) groups is 2. The molecule has 4 rings (SSSR count). The first-order chi connectivity index (χ1) is 11.1. The number of hydrogen-bond acceptors (Lipinski definition) is 3. The summed E-state index contributed by atoms with van der Waals surface area (Å²) in [7, 11) is 1.36. The molecule has 1 saturated heterocycles. The number of hydrogen-bond donors (Lipinski definition) is 1. The Balaban J connectivity index is 1.33. The number of carbonyl (C=O) groups excluding carboxylic acids is 2. The van der Waals surface area contributed by atoms with Gasteiger partial charge in [-0.05, 0) is 30.7 Å². The van der Waals surface area contributed by atoms with Gasteiger partial charge in [0.2, 0.25) is 5.91 Å². The number of fused-ring (bicyclic) bond motifs is 1. The van der Waals surface area contributed by atoms with Gasteiger partial charge in [-0.1, -0.05) is 30.3 Å². The van der Waals surface area contributed by atoms with Crippen LogP contribution in [-0.4, -0.2) is 43.1 Å². The van der Waals surface area contributed by atoms with Crippen LogP contribution in [0, 0.1) is 11.8 Å². The van der Waals surface area contributed by atoms with Crippen LogP contribution in [-0.2, 0) is 14.9 Å². The third-order valence-corrected chi connectivity index (χ3v) is 5.80. The van der Waals surface area contributed by atoms with E-state index in [4.69, 9.17) is 0 Å². The van der Waals surface area contributed by atoms with E-state index in [-0.39, 0.29) is 23.3 Å².